The summed E-state index contributed by atoms with van der Waals surface area (Å²) in [5.74, 6) is -0.369. The van der Waals surface area contributed by atoms with Gasteiger partial charge in [0.1, 0.15) is 5.82 Å². The van der Waals surface area contributed by atoms with Crippen molar-refractivity contribution in [2.45, 2.75) is 44.8 Å². The van der Waals surface area contributed by atoms with Crippen LogP contribution in [0.15, 0.2) is 42.5 Å². The highest BCUT2D eigenvalue weighted by Gasteiger charge is 2.29. The van der Waals surface area contributed by atoms with Gasteiger partial charge in [-0.2, -0.15) is 0 Å². The van der Waals surface area contributed by atoms with E-state index >= 15 is 0 Å². The zero-order valence-corrected chi connectivity index (χ0v) is 15.5. The van der Waals surface area contributed by atoms with Crippen LogP contribution in [0.1, 0.15) is 36.0 Å². The van der Waals surface area contributed by atoms with Crippen LogP contribution in [-0.4, -0.2) is 29.9 Å². The molecule has 1 unspecified atom stereocenters. The van der Waals surface area contributed by atoms with Crippen LogP contribution in [0.4, 0.5) is 10.1 Å². The van der Waals surface area contributed by atoms with Crippen LogP contribution >= 0.6 is 0 Å². The van der Waals surface area contributed by atoms with Gasteiger partial charge in [-0.3, -0.25) is 9.69 Å². The minimum Gasteiger partial charge on any atom is -0.322 e. The van der Waals surface area contributed by atoms with Crippen molar-refractivity contribution in [3.63, 3.8) is 0 Å². The Morgan fingerprint density at radius 3 is 2.89 bits per heavy atom. The molecule has 0 spiro atoms. The third-order valence-corrected chi connectivity index (χ3v) is 5.61. The Hall–Kier alpha value is -2.24. The Bertz CT molecular complexity index is 809. The maximum Gasteiger partial charge on any atom is 0.241 e. The molecule has 2 aromatic rings. The summed E-state index contributed by atoms with van der Waals surface area (Å²) in [6.45, 7) is 3.10. The summed E-state index contributed by atoms with van der Waals surface area (Å²) in [4.78, 5) is 15.2. The Morgan fingerprint density at radius 1 is 1.19 bits per heavy atom. The van der Waals surface area contributed by atoms with Gasteiger partial charge in [-0.1, -0.05) is 42.8 Å². The van der Waals surface area contributed by atoms with E-state index in [-0.39, 0.29) is 17.8 Å². The van der Waals surface area contributed by atoms with Crippen LogP contribution in [0.3, 0.4) is 0 Å². The predicted octanol–water partition coefficient (Wildman–Crippen LogP) is 3.46. The molecule has 2 N–H and O–H groups in total. The van der Waals surface area contributed by atoms with E-state index < -0.39 is 0 Å². The Kier molecular flexibility index (Phi) is 5.50. The highest BCUT2D eigenvalue weighted by atomic mass is 19.1. The molecule has 1 saturated heterocycles. The lowest BCUT2D eigenvalue weighted by molar-refractivity contribution is -0.122. The fraction of sp³-hybridized carbons (Fsp3) is 0.409. The van der Waals surface area contributed by atoms with Crippen molar-refractivity contribution >= 4 is 11.6 Å². The maximum atomic E-state index is 14.9. The summed E-state index contributed by atoms with van der Waals surface area (Å²) < 4.78 is 14.9. The number of carbonyl (C=O) groups is 1. The molecule has 2 aromatic carbocycles. The van der Waals surface area contributed by atoms with Gasteiger partial charge in [0.15, 0.2) is 0 Å². The van der Waals surface area contributed by atoms with Gasteiger partial charge in [-0.25, -0.2) is 4.39 Å². The number of piperidine rings is 1. The molecular weight excluding hydrogens is 341 g/mol. The number of nitrogens with one attached hydrogen (secondary N) is 2. The van der Waals surface area contributed by atoms with Crippen molar-refractivity contribution in [2.75, 3.05) is 18.4 Å². The maximum absolute atomic E-state index is 14.9. The summed E-state index contributed by atoms with van der Waals surface area (Å²) in [6.07, 6.45) is 3.60. The summed E-state index contributed by atoms with van der Waals surface area (Å²) >= 11 is 0. The van der Waals surface area contributed by atoms with Gasteiger partial charge in [0.25, 0.3) is 0 Å². The second kappa shape index (κ2) is 8.19. The van der Waals surface area contributed by atoms with Gasteiger partial charge in [0, 0.05) is 13.1 Å². The third-order valence-electron chi connectivity index (χ3n) is 5.61. The number of hydrogen-bond donors (Lipinski definition) is 2. The van der Waals surface area contributed by atoms with Crippen molar-refractivity contribution in [3.8, 4) is 0 Å². The number of anilines is 1. The van der Waals surface area contributed by atoms with Crippen LogP contribution in [0.5, 0.6) is 0 Å². The fourth-order valence-corrected chi connectivity index (χ4v) is 4.14. The van der Waals surface area contributed by atoms with Gasteiger partial charge in [-0.05, 0) is 55.1 Å². The normalized spacial score (nSPS) is 20.1. The Balaban J connectivity index is 1.49. The lowest BCUT2D eigenvalue weighted by Crippen LogP contribution is -2.46. The average molecular weight is 367 g/mol. The first-order valence-corrected chi connectivity index (χ1v) is 9.82. The third kappa shape index (κ3) is 4.04. The second-order valence-corrected chi connectivity index (χ2v) is 7.45. The lowest BCUT2D eigenvalue weighted by atomic mass is 9.98. The molecule has 4 nitrogen and oxygen atoms in total. The topological polar surface area (TPSA) is 44.4 Å². The van der Waals surface area contributed by atoms with Gasteiger partial charge in [-0.15, -0.1) is 0 Å². The highest BCUT2D eigenvalue weighted by Crippen LogP contribution is 2.26. The SMILES string of the molecule is O=C(Nc1ccc2c(c1F)CCNC2)C1CCCCN1Cc1ccccc1. The first kappa shape index (κ1) is 18.1. The van der Waals surface area contributed by atoms with Gasteiger partial charge >= 0.3 is 0 Å². The van der Waals surface area contributed by atoms with E-state index in [9.17, 15) is 9.18 Å². The standard InChI is InChI=1S/C22H26FN3O/c23-21-18-11-12-24-14-17(18)9-10-19(21)25-22(27)20-8-4-5-13-26(20)15-16-6-2-1-3-7-16/h1-3,6-7,9-10,20,24H,4-5,8,11-15H2,(H,25,27). The molecule has 0 radical (unpaired) electrons. The molecule has 5 heteroatoms. The molecule has 2 aliphatic heterocycles. The summed E-state index contributed by atoms with van der Waals surface area (Å²) in [5, 5.41) is 6.12. The second-order valence-electron chi connectivity index (χ2n) is 7.45. The van der Waals surface area contributed by atoms with Gasteiger partial charge in [0.05, 0.1) is 11.7 Å². The van der Waals surface area contributed by atoms with Gasteiger partial charge in [0.2, 0.25) is 5.91 Å². The molecule has 0 saturated carbocycles. The van der Waals surface area contributed by atoms with E-state index in [0.717, 1.165) is 50.0 Å². The number of benzene rings is 2. The van der Waals surface area contributed by atoms with Crippen LogP contribution < -0.4 is 10.6 Å². The summed E-state index contributed by atoms with van der Waals surface area (Å²) in [6, 6.07) is 13.6. The molecular formula is C22H26FN3O. The van der Waals surface area contributed by atoms with Crippen LogP contribution in [0.25, 0.3) is 0 Å². The van der Waals surface area contributed by atoms with E-state index in [1.165, 1.54) is 5.56 Å². The van der Waals surface area contributed by atoms with Crippen molar-refractivity contribution in [1.82, 2.24) is 10.2 Å². The largest absolute Gasteiger partial charge is 0.322 e. The number of likely N-dealkylation sites (tertiary alicyclic amines) is 1. The predicted molar refractivity (Wildman–Crippen MR) is 105 cm³/mol. The fourth-order valence-electron chi connectivity index (χ4n) is 4.14. The molecule has 2 heterocycles. The van der Waals surface area contributed by atoms with Crippen molar-refractivity contribution in [3.05, 3.63) is 65.0 Å². The monoisotopic (exact) mass is 367 g/mol. The van der Waals surface area contributed by atoms with Crippen LogP contribution in [0.2, 0.25) is 0 Å². The van der Waals surface area contributed by atoms with E-state index in [2.05, 4.69) is 27.7 Å². The molecule has 0 aromatic heterocycles. The first-order valence-electron chi connectivity index (χ1n) is 9.82. The molecule has 27 heavy (non-hydrogen) atoms. The number of halogens is 1. The van der Waals surface area contributed by atoms with E-state index in [0.29, 0.717) is 18.7 Å². The average Bonchev–Trinajstić information content (AvgIpc) is 2.71. The minimum atomic E-state index is -0.271. The number of nitrogens with zero attached hydrogens (tertiary/aromatic N) is 1. The van der Waals surface area contributed by atoms with E-state index in [1.54, 1.807) is 6.07 Å². The van der Waals surface area contributed by atoms with Gasteiger partial charge < -0.3 is 10.6 Å². The number of amides is 1. The van der Waals surface area contributed by atoms with Crippen LogP contribution in [-0.2, 0) is 24.3 Å². The summed E-state index contributed by atoms with van der Waals surface area (Å²) in [5.41, 5.74) is 3.23. The van der Waals surface area contributed by atoms with Crippen LogP contribution in [0, 0.1) is 5.82 Å². The molecule has 1 amide bonds. The number of carbonyl (C=O) groups excluding carboxylic acids is 1. The molecule has 1 fully saturated rings. The van der Waals surface area contributed by atoms with Crippen molar-refractivity contribution in [2.24, 2.45) is 0 Å². The molecule has 2 aliphatic rings. The Labute approximate surface area is 159 Å². The van der Waals surface area contributed by atoms with Crippen molar-refractivity contribution < 1.29 is 9.18 Å². The first-order chi connectivity index (χ1) is 13.2. The lowest BCUT2D eigenvalue weighted by Gasteiger charge is -2.34. The number of fused-ring (bicyclic) bond motifs is 1. The van der Waals surface area contributed by atoms with E-state index in [4.69, 9.17) is 0 Å². The Morgan fingerprint density at radius 2 is 2.04 bits per heavy atom. The summed E-state index contributed by atoms with van der Waals surface area (Å²) in [7, 11) is 0. The van der Waals surface area contributed by atoms with E-state index in [1.807, 2.05) is 24.3 Å². The number of rotatable bonds is 4. The highest BCUT2D eigenvalue weighted by molar-refractivity contribution is 5.95. The number of hydrogen-bond acceptors (Lipinski definition) is 3. The zero-order chi connectivity index (χ0) is 18.6. The van der Waals surface area contributed by atoms with Crippen molar-refractivity contribution in [1.29, 1.82) is 0 Å². The molecule has 0 aliphatic carbocycles. The molecule has 142 valence electrons. The zero-order valence-electron chi connectivity index (χ0n) is 15.5. The molecule has 1 atom stereocenters. The smallest absolute Gasteiger partial charge is 0.241 e. The quantitative estimate of drug-likeness (QED) is 0.870. The minimum absolute atomic E-state index is 0.0987. The molecule has 0 bridgehead atoms. The molecule has 4 rings (SSSR count).